The molecule has 0 amide bonds. The van der Waals surface area contributed by atoms with Crippen LogP contribution in [0, 0.1) is 0 Å². The molecule has 0 fully saturated rings. The van der Waals surface area contributed by atoms with Gasteiger partial charge in [-0.15, -0.1) is 13.2 Å². The molecule has 0 spiro atoms. The Morgan fingerprint density at radius 2 is 1.75 bits per heavy atom. The molecule has 0 saturated heterocycles. The molecule has 0 aliphatic rings. The van der Waals surface area contributed by atoms with Gasteiger partial charge in [0.2, 0.25) is 0 Å². The molecule has 0 heterocycles. The zero-order chi connectivity index (χ0) is 9.56. The fourth-order valence-electron chi connectivity index (χ4n) is 0.685. The van der Waals surface area contributed by atoms with Gasteiger partial charge in [0, 0.05) is 0 Å². The summed E-state index contributed by atoms with van der Waals surface area (Å²) in [5.41, 5.74) is 0.292. The van der Waals surface area contributed by atoms with Crippen LogP contribution in [-0.4, -0.2) is 22.3 Å². The van der Waals surface area contributed by atoms with Crippen LogP contribution < -0.4 is 5.46 Å². The maximum Gasteiger partial charge on any atom is 0.488 e. The van der Waals surface area contributed by atoms with E-state index in [2.05, 4.69) is 13.2 Å². The molecule has 3 nitrogen and oxygen atoms in total. The van der Waals surface area contributed by atoms with Crippen LogP contribution in [0.4, 0.5) is 0 Å². The van der Waals surface area contributed by atoms with Crippen LogP contribution in [0.3, 0.4) is 0 Å². The van der Waals surface area contributed by atoms with E-state index < -0.39 is 7.12 Å². The Morgan fingerprint density at radius 3 is 2.08 bits per heavy atom. The highest BCUT2D eigenvalue weighted by molar-refractivity contribution is 6.58. The van der Waals surface area contributed by atoms with Crippen molar-refractivity contribution in [2.75, 3.05) is 0 Å². The number of phenols is 1. The average Bonchev–Trinajstić information content (AvgIpc) is 2.08. The van der Waals surface area contributed by atoms with Gasteiger partial charge < -0.3 is 15.2 Å². The predicted octanol–water partition coefficient (Wildman–Crippen LogP) is -0.126. The first kappa shape index (κ1) is 10.7. The van der Waals surface area contributed by atoms with Gasteiger partial charge in [0.05, 0.1) is 0 Å². The van der Waals surface area contributed by atoms with Crippen molar-refractivity contribution in [3.8, 4) is 5.75 Å². The average molecular weight is 166 g/mol. The minimum absolute atomic E-state index is 0.0330. The third kappa shape index (κ3) is 3.23. The van der Waals surface area contributed by atoms with Gasteiger partial charge >= 0.3 is 7.12 Å². The number of aromatic hydroxyl groups is 1. The van der Waals surface area contributed by atoms with E-state index in [-0.39, 0.29) is 5.75 Å². The van der Waals surface area contributed by atoms with Gasteiger partial charge in [-0.2, -0.15) is 0 Å². The zero-order valence-corrected chi connectivity index (χ0v) is 6.64. The van der Waals surface area contributed by atoms with Gasteiger partial charge in [-0.3, -0.25) is 0 Å². The lowest BCUT2D eigenvalue weighted by Gasteiger charge is -1.97. The highest BCUT2D eigenvalue weighted by Gasteiger charge is 2.09. The summed E-state index contributed by atoms with van der Waals surface area (Å²) in [6.07, 6.45) is 0. The Morgan fingerprint density at radius 1 is 1.17 bits per heavy atom. The largest absolute Gasteiger partial charge is 0.508 e. The Balaban J connectivity index is 0.000000561. The van der Waals surface area contributed by atoms with Gasteiger partial charge in [-0.05, 0) is 17.6 Å². The van der Waals surface area contributed by atoms with Crippen LogP contribution in [-0.2, 0) is 0 Å². The Bertz CT molecular complexity index is 237. The second kappa shape index (κ2) is 5.40. The molecule has 3 N–H and O–H groups in total. The second-order valence-corrected chi connectivity index (χ2v) is 1.97. The summed E-state index contributed by atoms with van der Waals surface area (Å²) in [6, 6.07) is 5.82. The first-order chi connectivity index (χ1) is 5.70. The molecule has 0 bridgehead atoms. The summed E-state index contributed by atoms with van der Waals surface area (Å²) in [4.78, 5) is 0. The van der Waals surface area contributed by atoms with E-state index in [1.54, 1.807) is 6.07 Å². The molecule has 1 aromatic rings. The molecule has 64 valence electrons. The van der Waals surface area contributed by atoms with Gasteiger partial charge in [0.15, 0.2) is 0 Å². The van der Waals surface area contributed by atoms with E-state index in [0.29, 0.717) is 5.46 Å². The van der Waals surface area contributed by atoms with E-state index in [1.165, 1.54) is 18.2 Å². The molecule has 0 saturated carbocycles. The number of benzene rings is 1. The van der Waals surface area contributed by atoms with E-state index in [0.717, 1.165) is 0 Å². The molecule has 1 rings (SSSR count). The molecule has 12 heavy (non-hydrogen) atoms. The van der Waals surface area contributed by atoms with Gasteiger partial charge in [-0.1, -0.05) is 12.1 Å². The Labute approximate surface area is 71.8 Å². The van der Waals surface area contributed by atoms with Crippen LogP contribution in [0.15, 0.2) is 37.4 Å². The smallest absolute Gasteiger partial charge is 0.488 e. The summed E-state index contributed by atoms with van der Waals surface area (Å²) >= 11 is 0. The molecular weight excluding hydrogens is 155 g/mol. The summed E-state index contributed by atoms with van der Waals surface area (Å²) in [6.45, 7) is 6.00. The molecule has 0 radical (unpaired) electrons. The standard InChI is InChI=1S/C6H7BO3.C2H4/c8-6-3-1-2-5(4-6)7(9)10;1-2/h1-4,8-10H;1-2H2. The van der Waals surface area contributed by atoms with E-state index in [9.17, 15) is 0 Å². The minimum atomic E-state index is -1.51. The molecule has 4 heteroatoms. The van der Waals surface area contributed by atoms with Crippen molar-refractivity contribution < 1.29 is 15.2 Å². The molecule has 1 aromatic carbocycles. The number of rotatable bonds is 1. The van der Waals surface area contributed by atoms with E-state index in [1.807, 2.05) is 0 Å². The molecule has 0 aliphatic heterocycles. The fourth-order valence-corrected chi connectivity index (χ4v) is 0.685. The predicted molar refractivity (Wildman–Crippen MR) is 49.2 cm³/mol. The minimum Gasteiger partial charge on any atom is -0.508 e. The van der Waals surface area contributed by atoms with Crippen molar-refractivity contribution in [3.05, 3.63) is 37.4 Å². The number of hydrogen-bond donors (Lipinski definition) is 3. The maximum atomic E-state index is 8.84. The second-order valence-electron chi connectivity index (χ2n) is 1.97. The molecule has 0 unspecified atom stereocenters. The lowest BCUT2D eigenvalue weighted by Crippen LogP contribution is -2.29. The van der Waals surface area contributed by atoms with Gasteiger partial charge in [0.1, 0.15) is 5.75 Å². The molecule has 0 aliphatic carbocycles. The van der Waals surface area contributed by atoms with E-state index >= 15 is 0 Å². The summed E-state index contributed by atoms with van der Waals surface area (Å²) in [5, 5.41) is 26.0. The normalized spacial score (nSPS) is 8.17. The number of phenolic OH excluding ortho intramolecular Hbond substituents is 1. The lowest BCUT2D eigenvalue weighted by molar-refractivity contribution is 0.424. The van der Waals surface area contributed by atoms with Crippen LogP contribution >= 0.6 is 0 Å². The first-order valence-electron chi connectivity index (χ1n) is 3.35. The van der Waals surface area contributed by atoms with Crippen molar-refractivity contribution in [2.24, 2.45) is 0 Å². The SMILES string of the molecule is C=C.OB(O)c1cccc(O)c1. The topological polar surface area (TPSA) is 60.7 Å². The van der Waals surface area contributed by atoms with Crippen molar-refractivity contribution >= 4 is 12.6 Å². The van der Waals surface area contributed by atoms with Crippen molar-refractivity contribution in [1.29, 1.82) is 0 Å². The van der Waals surface area contributed by atoms with Crippen LogP contribution in [0.25, 0.3) is 0 Å². The summed E-state index contributed by atoms with van der Waals surface area (Å²) in [5.74, 6) is 0.0330. The van der Waals surface area contributed by atoms with Crippen LogP contribution in [0.5, 0.6) is 5.75 Å². The summed E-state index contributed by atoms with van der Waals surface area (Å²) in [7, 11) is -1.51. The zero-order valence-electron chi connectivity index (χ0n) is 6.64. The highest BCUT2D eigenvalue weighted by atomic mass is 16.4. The first-order valence-corrected chi connectivity index (χ1v) is 3.35. The lowest BCUT2D eigenvalue weighted by atomic mass is 9.80. The fraction of sp³-hybridized carbons (Fsp3) is 0. The highest BCUT2D eigenvalue weighted by Crippen LogP contribution is 2.02. The molecule has 0 aromatic heterocycles. The third-order valence-corrected chi connectivity index (χ3v) is 1.17. The quantitative estimate of drug-likeness (QED) is 0.402. The third-order valence-electron chi connectivity index (χ3n) is 1.17. The van der Waals surface area contributed by atoms with Crippen molar-refractivity contribution in [2.45, 2.75) is 0 Å². The van der Waals surface area contributed by atoms with Crippen molar-refractivity contribution in [3.63, 3.8) is 0 Å². The van der Waals surface area contributed by atoms with Gasteiger partial charge in [0.25, 0.3) is 0 Å². The molecular formula is C8H11BO3. The van der Waals surface area contributed by atoms with Gasteiger partial charge in [-0.25, -0.2) is 0 Å². The van der Waals surface area contributed by atoms with Crippen molar-refractivity contribution in [1.82, 2.24) is 0 Å². The van der Waals surface area contributed by atoms with Crippen LogP contribution in [0.1, 0.15) is 0 Å². The summed E-state index contributed by atoms with van der Waals surface area (Å²) < 4.78 is 0. The number of hydrogen-bond acceptors (Lipinski definition) is 3. The Kier molecular flexibility index (Phi) is 4.84. The monoisotopic (exact) mass is 166 g/mol. The van der Waals surface area contributed by atoms with Crippen LogP contribution in [0.2, 0.25) is 0 Å². The Hall–Kier alpha value is -1.26. The maximum absolute atomic E-state index is 8.84. The van der Waals surface area contributed by atoms with E-state index in [4.69, 9.17) is 15.2 Å². The molecule has 0 atom stereocenters.